The highest BCUT2D eigenvalue weighted by atomic mass is 31.2. The fraction of sp³-hybridized carbons (Fsp3) is 0.0952. The number of benzene rings is 3. The largest absolute Gasteiger partial charge is 0.198 e. The van der Waals surface area contributed by atoms with Crippen molar-refractivity contribution in [3.05, 3.63) is 91.0 Å². The van der Waals surface area contributed by atoms with Crippen molar-refractivity contribution in [2.45, 2.75) is 6.40 Å². The van der Waals surface area contributed by atoms with Crippen LogP contribution in [0.3, 0.4) is 0 Å². The molecule has 0 aliphatic heterocycles. The first-order chi connectivity index (χ1) is 11.8. The predicted octanol–water partition coefficient (Wildman–Crippen LogP) is 3.89. The van der Waals surface area contributed by atoms with Gasteiger partial charge in [-0.2, -0.15) is 5.26 Å². The maximum atomic E-state index is 9.32. The normalized spacial score (nSPS) is 12.9. The van der Waals surface area contributed by atoms with Crippen molar-refractivity contribution in [1.29, 1.82) is 5.26 Å². The monoisotopic (exact) mass is 317 g/mol. The van der Waals surface area contributed by atoms with E-state index in [9.17, 15) is 5.26 Å². The lowest BCUT2D eigenvalue weighted by Gasteiger charge is -2.26. The third-order valence-electron chi connectivity index (χ3n) is 4.05. The van der Waals surface area contributed by atoms with Gasteiger partial charge in [0.05, 0.1) is 18.6 Å². The van der Waals surface area contributed by atoms with Gasteiger partial charge in [-0.05, 0) is 36.4 Å². The van der Waals surface area contributed by atoms with E-state index in [-0.39, 0.29) is 0 Å². The average molecular weight is 317 g/mol. The minimum Gasteiger partial charge on any atom is -0.198 e. The third-order valence-corrected chi connectivity index (χ3v) is 8.32. The van der Waals surface area contributed by atoms with E-state index in [2.05, 4.69) is 42.5 Å². The van der Waals surface area contributed by atoms with E-state index in [0.717, 1.165) is 0 Å². The molecular formula is C21H19NP+. The van der Waals surface area contributed by atoms with Crippen LogP contribution in [0.1, 0.15) is 7.77 Å². The van der Waals surface area contributed by atoms with Crippen molar-refractivity contribution in [3.63, 3.8) is 0 Å². The smallest absolute Gasteiger partial charge is 0.113 e. The first kappa shape index (κ1) is 14.2. The molecule has 112 valence electrons. The van der Waals surface area contributed by atoms with Crippen molar-refractivity contribution in [1.82, 2.24) is 0 Å². The van der Waals surface area contributed by atoms with Gasteiger partial charge in [0, 0.05) is 1.37 Å². The molecule has 0 spiro atoms. The molecule has 0 aromatic heterocycles. The van der Waals surface area contributed by atoms with Crippen molar-refractivity contribution < 1.29 is 1.37 Å². The Hall–Kier alpha value is -2.42. The quantitative estimate of drug-likeness (QED) is 0.655. The highest BCUT2D eigenvalue weighted by Gasteiger charge is 2.44. The summed E-state index contributed by atoms with van der Waals surface area (Å²) in [7, 11) is -2.04. The molecule has 3 aromatic carbocycles. The van der Waals surface area contributed by atoms with Gasteiger partial charge in [0.25, 0.3) is 0 Å². The molecular weight excluding hydrogens is 297 g/mol. The summed E-state index contributed by atoms with van der Waals surface area (Å²) < 4.78 is 8.19. The molecule has 3 aromatic rings. The van der Waals surface area contributed by atoms with Crippen LogP contribution in [0.4, 0.5) is 0 Å². The number of nitrogens with zero attached hydrogens (tertiary/aromatic N) is 1. The molecule has 0 aliphatic rings. The van der Waals surface area contributed by atoms with E-state index in [1.165, 1.54) is 15.9 Å². The second-order valence-corrected chi connectivity index (χ2v) is 8.87. The number of nitriles is 1. The lowest BCUT2D eigenvalue weighted by atomic mass is 10.4. The average Bonchev–Trinajstić information content (AvgIpc) is 2.68. The van der Waals surface area contributed by atoms with E-state index in [1.54, 1.807) is 0 Å². The van der Waals surface area contributed by atoms with Gasteiger partial charge in [-0.15, -0.1) is 0 Å². The summed E-state index contributed by atoms with van der Waals surface area (Å²) in [5.41, 5.74) is 0. The Morgan fingerprint density at radius 2 is 1.04 bits per heavy atom. The number of rotatable bonds is 5. The van der Waals surface area contributed by atoms with Crippen molar-refractivity contribution >= 4 is 23.2 Å². The third kappa shape index (κ3) is 3.04. The molecule has 0 saturated heterocycles. The maximum absolute atomic E-state index is 9.32. The molecule has 0 radical (unpaired) electrons. The van der Waals surface area contributed by atoms with Crippen LogP contribution in [0, 0.1) is 11.3 Å². The molecule has 1 nitrogen and oxygen atoms in total. The molecule has 0 N–H and O–H groups in total. The minimum atomic E-state index is -2.04. The van der Waals surface area contributed by atoms with E-state index in [4.69, 9.17) is 1.37 Å². The zero-order valence-electron chi connectivity index (χ0n) is 13.8. The minimum absolute atomic E-state index is 0.529. The molecule has 0 fully saturated rings. The summed E-state index contributed by atoms with van der Waals surface area (Å²) in [4.78, 5) is 0. The SMILES string of the molecule is [2H]C(C#N)C[P+](c1ccccc1)(c1ccccc1)c1ccccc1. The van der Waals surface area contributed by atoms with Gasteiger partial charge in [-0.1, -0.05) is 54.6 Å². The lowest BCUT2D eigenvalue weighted by Crippen LogP contribution is -2.33. The summed E-state index contributed by atoms with van der Waals surface area (Å²) in [6.07, 6.45) is -0.222. The molecule has 2 heteroatoms. The van der Waals surface area contributed by atoms with Crippen LogP contribution in [0.25, 0.3) is 0 Å². The predicted molar refractivity (Wildman–Crippen MR) is 100 cm³/mol. The summed E-state index contributed by atoms with van der Waals surface area (Å²) >= 11 is 0. The molecule has 0 amide bonds. The topological polar surface area (TPSA) is 23.8 Å². The second kappa shape index (κ2) is 7.23. The van der Waals surface area contributed by atoms with Gasteiger partial charge >= 0.3 is 0 Å². The van der Waals surface area contributed by atoms with E-state index in [1.807, 2.05) is 54.6 Å². The van der Waals surface area contributed by atoms with Crippen LogP contribution in [-0.2, 0) is 0 Å². The molecule has 0 heterocycles. The van der Waals surface area contributed by atoms with Gasteiger partial charge in [0.2, 0.25) is 0 Å². The Kier molecular flexibility index (Phi) is 4.46. The molecule has 0 saturated carbocycles. The van der Waals surface area contributed by atoms with Crippen LogP contribution in [0.2, 0.25) is 0 Å². The van der Waals surface area contributed by atoms with Crippen LogP contribution >= 0.6 is 7.26 Å². The van der Waals surface area contributed by atoms with Crippen LogP contribution < -0.4 is 15.9 Å². The molecule has 3 rings (SSSR count). The van der Waals surface area contributed by atoms with Crippen molar-refractivity contribution in [2.75, 3.05) is 6.16 Å². The second-order valence-electron chi connectivity index (χ2n) is 5.33. The first-order valence-corrected chi connectivity index (χ1v) is 9.61. The molecule has 0 bridgehead atoms. The van der Waals surface area contributed by atoms with Crippen LogP contribution in [-0.4, -0.2) is 6.16 Å². The van der Waals surface area contributed by atoms with Gasteiger partial charge in [-0.3, -0.25) is 0 Å². The Morgan fingerprint density at radius 3 is 1.35 bits per heavy atom. The number of hydrogen-bond acceptors (Lipinski definition) is 1. The standard InChI is InChI=1S/C21H19NP/c22-17-10-18-23(19-11-4-1-5-12-19,20-13-6-2-7-14-20)21-15-8-3-9-16-21/h1-9,11-16H,10,18H2/q+1/i10D. The Labute approximate surface area is 140 Å². The molecule has 1 unspecified atom stereocenters. The Bertz CT molecular complexity index is 716. The molecule has 0 aliphatic carbocycles. The Morgan fingerprint density at radius 1 is 0.696 bits per heavy atom. The lowest BCUT2D eigenvalue weighted by molar-refractivity contribution is 1.23. The highest BCUT2D eigenvalue weighted by molar-refractivity contribution is 7.95. The van der Waals surface area contributed by atoms with Crippen LogP contribution in [0.15, 0.2) is 91.0 Å². The van der Waals surface area contributed by atoms with Crippen molar-refractivity contribution in [2.24, 2.45) is 0 Å². The van der Waals surface area contributed by atoms with Gasteiger partial charge in [0.1, 0.15) is 23.2 Å². The first-order valence-electron chi connectivity index (χ1n) is 8.22. The fourth-order valence-corrected chi connectivity index (χ4v) is 6.91. The molecule has 23 heavy (non-hydrogen) atoms. The summed E-state index contributed by atoms with van der Waals surface area (Å²) in [6, 6.07) is 33.2. The van der Waals surface area contributed by atoms with Crippen molar-refractivity contribution in [3.8, 4) is 6.07 Å². The maximum Gasteiger partial charge on any atom is 0.113 e. The van der Waals surface area contributed by atoms with Gasteiger partial charge in [-0.25, -0.2) is 0 Å². The number of hydrogen-bond donors (Lipinski definition) is 0. The highest BCUT2D eigenvalue weighted by Crippen LogP contribution is 2.55. The summed E-state index contributed by atoms with van der Waals surface area (Å²) in [5, 5.41) is 13.0. The van der Waals surface area contributed by atoms with Gasteiger partial charge in [0.15, 0.2) is 0 Å². The van der Waals surface area contributed by atoms with Gasteiger partial charge < -0.3 is 0 Å². The summed E-state index contributed by atoms with van der Waals surface area (Å²) in [6.45, 7) is 0. The van der Waals surface area contributed by atoms with E-state index < -0.39 is 13.7 Å². The Balaban J connectivity index is 2.31. The molecule has 1 atom stereocenters. The summed E-state index contributed by atoms with van der Waals surface area (Å²) in [5.74, 6) is 0. The van der Waals surface area contributed by atoms with E-state index >= 15 is 0 Å². The zero-order valence-corrected chi connectivity index (χ0v) is 13.7. The zero-order chi connectivity index (χ0) is 16.8. The van der Waals surface area contributed by atoms with Crippen LogP contribution in [0.5, 0.6) is 0 Å². The fourth-order valence-electron chi connectivity index (χ4n) is 2.99. The van der Waals surface area contributed by atoms with E-state index in [0.29, 0.717) is 6.16 Å².